The third-order valence-corrected chi connectivity index (χ3v) is 4.23. The van der Waals surface area contributed by atoms with Gasteiger partial charge in [0, 0.05) is 16.8 Å². The number of hydrogen-bond donors (Lipinski definition) is 1. The average molecular weight is 377 g/mol. The number of hydrogen-bond acceptors (Lipinski definition) is 5. The quantitative estimate of drug-likeness (QED) is 0.318. The first kappa shape index (κ1) is 19.3. The molecule has 0 aliphatic rings. The number of anilines is 1. The Labute approximate surface area is 157 Å². The number of benzene rings is 2. The average Bonchev–Trinajstić information content (AvgIpc) is 2.53. The van der Waals surface area contributed by atoms with E-state index in [1.54, 1.807) is 12.1 Å². The second-order valence-electron chi connectivity index (χ2n) is 6.38. The van der Waals surface area contributed by atoms with Crippen molar-refractivity contribution in [1.29, 1.82) is 0 Å². The van der Waals surface area contributed by atoms with Crippen molar-refractivity contribution >= 4 is 39.9 Å². The van der Waals surface area contributed by atoms with Gasteiger partial charge in [-0.05, 0) is 69.3 Å². The summed E-state index contributed by atoms with van der Waals surface area (Å²) < 4.78 is 5.78. The Morgan fingerprint density at radius 2 is 1.68 bits per heavy atom. The highest BCUT2D eigenvalue weighted by atomic mass is 35.5. The number of ether oxygens (including phenoxy) is 1. The van der Waals surface area contributed by atoms with E-state index in [9.17, 15) is 4.79 Å². The number of nitrogens with one attached hydrogen (secondary N) is 1. The molecular weight excluding hydrogens is 356 g/mol. The lowest BCUT2D eigenvalue weighted by molar-refractivity contribution is -0.110. The third-order valence-electron chi connectivity index (χ3n) is 2.89. The van der Waals surface area contributed by atoms with Crippen molar-refractivity contribution in [2.45, 2.75) is 38.2 Å². The normalized spacial score (nSPS) is 12.0. The van der Waals surface area contributed by atoms with E-state index in [1.165, 1.54) is 18.7 Å². The van der Waals surface area contributed by atoms with Crippen LogP contribution >= 0.6 is 23.4 Å². The molecule has 0 aromatic heterocycles. The minimum absolute atomic E-state index is 0.111. The van der Waals surface area contributed by atoms with E-state index in [1.807, 2.05) is 57.2 Å². The lowest BCUT2D eigenvalue weighted by Crippen LogP contribution is -2.22. The maximum Gasteiger partial charge on any atom is 0.186 e. The first-order valence-electron chi connectivity index (χ1n) is 7.80. The fourth-order valence-corrected chi connectivity index (χ4v) is 2.71. The summed E-state index contributed by atoms with van der Waals surface area (Å²) in [6.07, 6.45) is 0. The molecule has 0 saturated carbocycles. The van der Waals surface area contributed by atoms with Gasteiger partial charge in [0.05, 0.1) is 5.69 Å². The number of Topliss-reactive ketones (excluding diaryl/α,β-unsaturated/α-hetero) is 1. The smallest absolute Gasteiger partial charge is 0.186 e. The fourth-order valence-electron chi connectivity index (χ4n) is 1.85. The highest BCUT2D eigenvalue weighted by Crippen LogP contribution is 2.23. The summed E-state index contributed by atoms with van der Waals surface area (Å²) in [5.74, 6) is 0.671. The number of thioether (sulfide) groups is 1. The summed E-state index contributed by atoms with van der Waals surface area (Å²) in [5.41, 5.74) is 3.44. The van der Waals surface area contributed by atoms with Crippen LogP contribution < -0.4 is 10.2 Å². The molecule has 4 nitrogen and oxygen atoms in total. The molecule has 2 aromatic carbocycles. The first-order valence-corrected chi connectivity index (χ1v) is 8.99. The van der Waals surface area contributed by atoms with Gasteiger partial charge in [-0.3, -0.25) is 10.2 Å². The maximum absolute atomic E-state index is 11.8. The first-order chi connectivity index (χ1) is 11.7. The van der Waals surface area contributed by atoms with Crippen LogP contribution in [0.1, 0.15) is 27.7 Å². The largest absolute Gasteiger partial charge is 0.488 e. The molecule has 0 heterocycles. The molecule has 1 N–H and O–H groups in total. The molecule has 0 radical (unpaired) electrons. The fraction of sp³-hybridized carbons (Fsp3) is 0.263. The third kappa shape index (κ3) is 6.80. The molecule has 2 aromatic rings. The maximum atomic E-state index is 11.8. The molecule has 0 unspecified atom stereocenters. The standard InChI is InChI=1S/C19H21ClN2O2S/c1-13(23)18(25-17-11-5-14(20)6-12-17)22-21-15-7-9-16(10-8-15)24-19(2,3)4/h5-12,21H,1-4H3. The Morgan fingerprint density at radius 1 is 1.08 bits per heavy atom. The number of carbonyl (C=O) groups excluding carboxylic acids is 1. The number of halogens is 1. The molecule has 0 amide bonds. The molecule has 0 aliphatic heterocycles. The zero-order valence-corrected chi connectivity index (χ0v) is 16.2. The minimum Gasteiger partial charge on any atom is -0.488 e. The predicted octanol–water partition coefficient (Wildman–Crippen LogP) is 5.62. The molecule has 0 atom stereocenters. The number of hydrazone groups is 1. The van der Waals surface area contributed by atoms with Gasteiger partial charge in [0.1, 0.15) is 11.4 Å². The Bertz CT molecular complexity index is 750. The van der Waals surface area contributed by atoms with Crippen LogP contribution in [-0.2, 0) is 4.79 Å². The van der Waals surface area contributed by atoms with E-state index in [0.29, 0.717) is 10.1 Å². The van der Waals surface area contributed by atoms with E-state index in [2.05, 4.69) is 10.5 Å². The lowest BCUT2D eigenvalue weighted by atomic mass is 10.2. The second kappa shape index (κ2) is 8.41. The lowest BCUT2D eigenvalue weighted by Gasteiger charge is -2.21. The SMILES string of the molecule is CC(=O)C(=NNc1ccc(OC(C)(C)C)cc1)Sc1ccc(Cl)cc1. The van der Waals surface area contributed by atoms with Crippen molar-refractivity contribution in [2.24, 2.45) is 5.10 Å². The zero-order valence-electron chi connectivity index (χ0n) is 14.7. The number of ketones is 1. The predicted molar refractivity (Wildman–Crippen MR) is 106 cm³/mol. The van der Waals surface area contributed by atoms with Crippen LogP contribution in [0.3, 0.4) is 0 Å². The van der Waals surface area contributed by atoms with Gasteiger partial charge < -0.3 is 4.74 Å². The monoisotopic (exact) mass is 376 g/mol. The van der Waals surface area contributed by atoms with E-state index < -0.39 is 0 Å². The van der Waals surface area contributed by atoms with Gasteiger partial charge in [-0.25, -0.2) is 0 Å². The highest BCUT2D eigenvalue weighted by molar-refractivity contribution is 8.15. The molecule has 6 heteroatoms. The molecule has 0 fully saturated rings. The highest BCUT2D eigenvalue weighted by Gasteiger charge is 2.12. The Kier molecular flexibility index (Phi) is 6.51. The zero-order chi connectivity index (χ0) is 18.4. The van der Waals surface area contributed by atoms with Crippen molar-refractivity contribution in [3.05, 3.63) is 53.6 Å². The molecule has 2 rings (SSSR count). The Balaban J connectivity index is 2.05. The van der Waals surface area contributed by atoms with E-state index in [4.69, 9.17) is 16.3 Å². The van der Waals surface area contributed by atoms with Crippen molar-refractivity contribution in [1.82, 2.24) is 0 Å². The summed E-state index contributed by atoms with van der Waals surface area (Å²) in [4.78, 5) is 12.7. The molecule has 25 heavy (non-hydrogen) atoms. The van der Waals surface area contributed by atoms with E-state index in [0.717, 1.165) is 16.3 Å². The summed E-state index contributed by atoms with van der Waals surface area (Å²) >= 11 is 7.17. The minimum atomic E-state index is -0.246. The van der Waals surface area contributed by atoms with Gasteiger partial charge in [0.15, 0.2) is 10.8 Å². The number of rotatable bonds is 5. The number of nitrogens with zero attached hydrogens (tertiary/aromatic N) is 1. The van der Waals surface area contributed by atoms with Gasteiger partial charge in [-0.15, -0.1) is 0 Å². The van der Waals surface area contributed by atoms with Crippen LogP contribution in [0, 0.1) is 0 Å². The molecular formula is C19H21ClN2O2S. The van der Waals surface area contributed by atoms with Crippen LogP contribution in [0.5, 0.6) is 5.75 Å². The van der Waals surface area contributed by atoms with Crippen LogP contribution in [-0.4, -0.2) is 16.4 Å². The van der Waals surface area contributed by atoms with Gasteiger partial charge in [0.2, 0.25) is 0 Å². The number of carbonyl (C=O) groups is 1. The van der Waals surface area contributed by atoms with Crippen LogP contribution in [0.25, 0.3) is 0 Å². The summed E-state index contributed by atoms with van der Waals surface area (Å²) in [6.45, 7) is 7.48. The van der Waals surface area contributed by atoms with Gasteiger partial charge in [-0.1, -0.05) is 23.4 Å². The molecule has 132 valence electrons. The van der Waals surface area contributed by atoms with Crippen molar-refractivity contribution in [3.63, 3.8) is 0 Å². The van der Waals surface area contributed by atoms with E-state index >= 15 is 0 Å². The van der Waals surface area contributed by atoms with Gasteiger partial charge in [0.25, 0.3) is 0 Å². The molecule has 0 aliphatic carbocycles. The Morgan fingerprint density at radius 3 is 2.20 bits per heavy atom. The van der Waals surface area contributed by atoms with Crippen molar-refractivity contribution in [3.8, 4) is 5.75 Å². The van der Waals surface area contributed by atoms with Crippen molar-refractivity contribution < 1.29 is 9.53 Å². The van der Waals surface area contributed by atoms with E-state index in [-0.39, 0.29) is 11.4 Å². The Hall–Kier alpha value is -1.98. The van der Waals surface area contributed by atoms with Crippen molar-refractivity contribution in [2.75, 3.05) is 5.43 Å². The second-order valence-corrected chi connectivity index (χ2v) is 7.88. The van der Waals surface area contributed by atoms with Gasteiger partial charge in [-0.2, -0.15) is 5.10 Å². The molecule has 0 bridgehead atoms. The summed E-state index contributed by atoms with van der Waals surface area (Å²) in [5, 5.41) is 5.25. The molecule has 0 saturated heterocycles. The van der Waals surface area contributed by atoms with Crippen LogP contribution in [0.15, 0.2) is 58.5 Å². The summed E-state index contributed by atoms with van der Waals surface area (Å²) in [6, 6.07) is 14.7. The van der Waals surface area contributed by atoms with Crippen LogP contribution in [0.2, 0.25) is 5.02 Å². The van der Waals surface area contributed by atoms with Crippen LogP contribution in [0.4, 0.5) is 5.69 Å². The van der Waals surface area contributed by atoms with Gasteiger partial charge >= 0.3 is 0 Å². The summed E-state index contributed by atoms with van der Waals surface area (Å²) in [7, 11) is 0. The topological polar surface area (TPSA) is 50.7 Å². The molecule has 0 spiro atoms.